The Morgan fingerprint density at radius 2 is 1.85 bits per heavy atom. The molecule has 0 saturated carbocycles. The summed E-state index contributed by atoms with van der Waals surface area (Å²) in [5.41, 5.74) is 3.02. The van der Waals surface area contributed by atoms with Crippen LogP contribution < -0.4 is 9.75 Å². The van der Waals surface area contributed by atoms with Crippen LogP contribution in [0.4, 0.5) is 0 Å². The summed E-state index contributed by atoms with van der Waals surface area (Å²) in [5.74, 6) is 1.18. The first kappa shape index (κ1) is 16.0. The first-order chi connectivity index (χ1) is 13.3. The molecule has 3 aromatic rings. The van der Waals surface area contributed by atoms with E-state index in [0.717, 1.165) is 12.8 Å². The van der Waals surface area contributed by atoms with Gasteiger partial charge in [0.2, 0.25) is 0 Å². The van der Waals surface area contributed by atoms with E-state index in [1.54, 1.807) is 0 Å². The lowest BCUT2D eigenvalue weighted by Gasteiger charge is -2.21. The van der Waals surface area contributed by atoms with E-state index in [9.17, 15) is 0 Å². The molecule has 3 unspecified atom stereocenters. The zero-order chi connectivity index (χ0) is 17.8. The molecule has 132 valence electrons. The molecular formula is C25H20S2. The third kappa shape index (κ3) is 2.66. The lowest BCUT2D eigenvalue weighted by Crippen LogP contribution is -2.24. The van der Waals surface area contributed by atoms with Crippen LogP contribution in [0.25, 0.3) is 22.2 Å². The molecule has 0 spiro atoms. The molecule has 0 amide bonds. The summed E-state index contributed by atoms with van der Waals surface area (Å²) >= 11 is 3.98. The minimum atomic E-state index is 0.561. The van der Waals surface area contributed by atoms with Crippen molar-refractivity contribution in [1.29, 1.82) is 0 Å². The number of benzene rings is 2. The SMILES string of the molecule is C1=CC2c3ccccc3SC2C=C1CC1C=c2sc3ccccc3c2=CC1. The fraction of sp³-hybridized carbons (Fsp3) is 0.200. The Hall–Kier alpha value is -2.03. The van der Waals surface area contributed by atoms with Crippen LogP contribution in [0.3, 0.4) is 0 Å². The second kappa shape index (κ2) is 6.25. The minimum Gasteiger partial charge on any atom is -0.136 e. The van der Waals surface area contributed by atoms with E-state index in [1.807, 2.05) is 23.1 Å². The summed E-state index contributed by atoms with van der Waals surface area (Å²) in [5, 5.41) is 3.46. The Morgan fingerprint density at radius 1 is 0.963 bits per heavy atom. The van der Waals surface area contributed by atoms with E-state index >= 15 is 0 Å². The highest BCUT2D eigenvalue weighted by Crippen LogP contribution is 2.49. The zero-order valence-corrected chi connectivity index (χ0v) is 16.6. The van der Waals surface area contributed by atoms with Gasteiger partial charge in [0.1, 0.15) is 0 Å². The predicted octanol–water partition coefficient (Wildman–Crippen LogP) is 5.63. The van der Waals surface area contributed by atoms with Crippen LogP contribution in [0.5, 0.6) is 0 Å². The molecule has 3 aliphatic rings. The van der Waals surface area contributed by atoms with Gasteiger partial charge >= 0.3 is 0 Å². The molecule has 0 fully saturated rings. The average molecular weight is 385 g/mol. The summed E-state index contributed by atoms with van der Waals surface area (Å²) in [6.45, 7) is 0. The van der Waals surface area contributed by atoms with Gasteiger partial charge < -0.3 is 0 Å². The Morgan fingerprint density at radius 3 is 2.85 bits per heavy atom. The van der Waals surface area contributed by atoms with Crippen molar-refractivity contribution in [1.82, 2.24) is 0 Å². The van der Waals surface area contributed by atoms with E-state index in [1.165, 1.54) is 35.9 Å². The lowest BCUT2D eigenvalue weighted by atomic mass is 9.86. The van der Waals surface area contributed by atoms with Crippen molar-refractivity contribution in [2.45, 2.75) is 28.9 Å². The van der Waals surface area contributed by atoms with Crippen LogP contribution in [0.1, 0.15) is 24.3 Å². The lowest BCUT2D eigenvalue weighted by molar-refractivity contribution is 0.701. The van der Waals surface area contributed by atoms with Gasteiger partial charge in [0.05, 0.1) is 0 Å². The molecule has 3 atom stereocenters. The summed E-state index contributed by atoms with van der Waals surface area (Å²) in [6.07, 6.45) is 14.7. The maximum absolute atomic E-state index is 2.53. The van der Waals surface area contributed by atoms with Crippen LogP contribution in [-0.2, 0) is 0 Å². The van der Waals surface area contributed by atoms with Crippen molar-refractivity contribution in [3.8, 4) is 0 Å². The number of hydrogen-bond acceptors (Lipinski definition) is 2. The van der Waals surface area contributed by atoms with Crippen LogP contribution in [0.15, 0.2) is 77.2 Å². The predicted molar refractivity (Wildman–Crippen MR) is 119 cm³/mol. The van der Waals surface area contributed by atoms with E-state index in [4.69, 9.17) is 0 Å². The van der Waals surface area contributed by atoms with Gasteiger partial charge in [-0.25, -0.2) is 0 Å². The molecule has 0 radical (unpaired) electrons. The topological polar surface area (TPSA) is 0 Å². The second-order valence-corrected chi connectivity index (χ2v) is 10.00. The van der Waals surface area contributed by atoms with Gasteiger partial charge in [-0.15, -0.1) is 23.1 Å². The molecule has 1 aliphatic heterocycles. The molecule has 0 nitrogen and oxygen atoms in total. The standard InChI is InChI=1S/C25H20S2/c1-3-7-22-18(5-1)20-11-9-16(14-24(20)26-22)13-17-10-12-21-19-6-2-4-8-23(19)27-25(21)15-17/h1-9,11-12,14-15,17,20,24H,10,13H2. The van der Waals surface area contributed by atoms with E-state index in [2.05, 4.69) is 78.9 Å². The van der Waals surface area contributed by atoms with Gasteiger partial charge in [-0.1, -0.05) is 72.4 Å². The van der Waals surface area contributed by atoms with Crippen LogP contribution in [0, 0.1) is 5.92 Å². The quantitative estimate of drug-likeness (QED) is 0.552. The maximum Gasteiger partial charge on any atom is 0.0384 e. The van der Waals surface area contributed by atoms with Crippen LogP contribution >= 0.6 is 23.1 Å². The normalized spacial score (nSPS) is 25.2. The fourth-order valence-corrected chi connectivity index (χ4v) is 7.31. The van der Waals surface area contributed by atoms with Crippen molar-refractivity contribution in [3.05, 3.63) is 87.6 Å². The summed E-state index contributed by atoms with van der Waals surface area (Å²) in [4.78, 5) is 1.46. The van der Waals surface area contributed by atoms with Crippen molar-refractivity contribution in [2.24, 2.45) is 5.92 Å². The number of thiophene rings is 1. The van der Waals surface area contributed by atoms with Crippen LogP contribution in [-0.4, -0.2) is 5.25 Å². The highest BCUT2D eigenvalue weighted by molar-refractivity contribution is 8.00. The Labute approximate surface area is 167 Å². The van der Waals surface area contributed by atoms with E-state index in [0.29, 0.717) is 17.1 Å². The number of rotatable bonds is 2. The Balaban J connectivity index is 1.27. The van der Waals surface area contributed by atoms with Gasteiger partial charge in [-0.05, 0) is 47.1 Å². The molecule has 2 aromatic carbocycles. The average Bonchev–Trinajstić information content (AvgIpc) is 3.25. The molecule has 6 rings (SSSR count). The molecule has 2 heteroatoms. The van der Waals surface area contributed by atoms with Crippen molar-refractivity contribution in [3.63, 3.8) is 0 Å². The van der Waals surface area contributed by atoms with Gasteiger partial charge in [-0.2, -0.15) is 0 Å². The van der Waals surface area contributed by atoms with Gasteiger partial charge in [0.15, 0.2) is 0 Å². The molecule has 2 heterocycles. The van der Waals surface area contributed by atoms with Crippen molar-refractivity contribution >= 4 is 45.3 Å². The molecule has 0 N–H and O–H groups in total. The largest absolute Gasteiger partial charge is 0.136 e. The van der Waals surface area contributed by atoms with Gasteiger partial charge in [0.25, 0.3) is 0 Å². The molecule has 0 bridgehead atoms. The third-order valence-corrected chi connectivity index (χ3v) is 8.44. The van der Waals surface area contributed by atoms with E-state index < -0.39 is 0 Å². The highest BCUT2D eigenvalue weighted by atomic mass is 32.2. The van der Waals surface area contributed by atoms with E-state index in [-0.39, 0.29) is 0 Å². The fourth-order valence-electron chi connectivity index (χ4n) is 4.66. The maximum atomic E-state index is 2.53. The minimum absolute atomic E-state index is 0.561. The van der Waals surface area contributed by atoms with Gasteiger partial charge in [-0.3, -0.25) is 0 Å². The monoisotopic (exact) mass is 384 g/mol. The summed E-state index contributed by atoms with van der Waals surface area (Å²) in [6, 6.07) is 17.7. The van der Waals surface area contributed by atoms with Crippen molar-refractivity contribution < 1.29 is 0 Å². The zero-order valence-electron chi connectivity index (χ0n) is 15.0. The molecular weight excluding hydrogens is 364 g/mol. The highest BCUT2D eigenvalue weighted by Gasteiger charge is 2.32. The molecule has 0 saturated heterocycles. The number of fused-ring (bicyclic) bond motifs is 6. The van der Waals surface area contributed by atoms with Gasteiger partial charge in [0, 0.05) is 25.3 Å². The Kier molecular flexibility index (Phi) is 3.70. The molecule has 27 heavy (non-hydrogen) atoms. The molecule has 1 aromatic heterocycles. The van der Waals surface area contributed by atoms with Crippen LogP contribution in [0.2, 0.25) is 0 Å². The van der Waals surface area contributed by atoms with Crippen molar-refractivity contribution in [2.75, 3.05) is 0 Å². The third-order valence-electron chi connectivity index (χ3n) is 5.96. The first-order valence-electron chi connectivity index (χ1n) is 9.69. The Bertz CT molecular complexity index is 1220. The second-order valence-electron chi connectivity index (χ2n) is 7.69. The summed E-state index contributed by atoms with van der Waals surface area (Å²) < 4.78 is 2.88. The number of hydrogen-bond donors (Lipinski definition) is 0. The number of thioether (sulfide) groups is 1. The molecule has 2 aliphatic carbocycles. The first-order valence-corrected chi connectivity index (χ1v) is 11.4. The summed E-state index contributed by atoms with van der Waals surface area (Å²) in [7, 11) is 0. The number of allylic oxidation sites excluding steroid dienone is 3. The smallest absolute Gasteiger partial charge is 0.0384 e.